The van der Waals surface area contributed by atoms with Crippen LogP contribution in [0.3, 0.4) is 0 Å². The number of ketones is 1. The van der Waals surface area contributed by atoms with Gasteiger partial charge in [-0.3, -0.25) is 9.52 Å². The Hall–Kier alpha value is -2.65. The summed E-state index contributed by atoms with van der Waals surface area (Å²) in [5.74, 6) is -0.144. The first-order chi connectivity index (χ1) is 9.92. The largest absolute Gasteiger partial charge is 0.295 e. The average molecular weight is 300 g/mol. The minimum atomic E-state index is -3.75. The molecule has 5 nitrogen and oxygen atoms in total. The first kappa shape index (κ1) is 14.8. The Bertz CT molecular complexity index is 819. The second kappa shape index (κ2) is 5.77. The third kappa shape index (κ3) is 3.46. The lowest BCUT2D eigenvalue weighted by Gasteiger charge is -2.09. The number of benzene rings is 2. The number of nitrogens with one attached hydrogen (secondary N) is 1. The molecule has 0 spiro atoms. The normalized spacial score (nSPS) is 10.7. The summed E-state index contributed by atoms with van der Waals surface area (Å²) in [4.78, 5) is 11.3. The Morgan fingerprint density at radius 1 is 1.14 bits per heavy atom. The van der Waals surface area contributed by atoms with Gasteiger partial charge in [0.1, 0.15) is 0 Å². The van der Waals surface area contributed by atoms with E-state index in [1.165, 1.54) is 37.3 Å². The lowest BCUT2D eigenvalue weighted by atomic mass is 10.1. The van der Waals surface area contributed by atoms with Gasteiger partial charge in [0.25, 0.3) is 10.0 Å². The van der Waals surface area contributed by atoms with E-state index in [9.17, 15) is 13.2 Å². The highest BCUT2D eigenvalue weighted by Crippen LogP contribution is 2.18. The molecule has 0 heterocycles. The highest BCUT2D eigenvalue weighted by molar-refractivity contribution is 7.92. The molecule has 0 aliphatic rings. The minimum Gasteiger partial charge on any atom is -0.295 e. The zero-order valence-electron chi connectivity index (χ0n) is 11.2. The van der Waals surface area contributed by atoms with Crippen molar-refractivity contribution in [3.05, 3.63) is 59.7 Å². The van der Waals surface area contributed by atoms with Gasteiger partial charge in [-0.15, -0.1) is 0 Å². The molecule has 2 rings (SSSR count). The van der Waals surface area contributed by atoms with E-state index < -0.39 is 10.0 Å². The number of Topliss-reactive ketones (excluding diaryl/α,β-unsaturated/α-hetero) is 1. The topological polar surface area (TPSA) is 87.0 Å². The number of nitriles is 1. The van der Waals surface area contributed by atoms with Crippen LogP contribution in [0.25, 0.3) is 0 Å². The minimum absolute atomic E-state index is 0.0507. The molecule has 21 heavy (non-hydrogen) atoms. The Labute approximate surface area is 122 Å². The standard InChI is InChI=1S/C15H12N2O3S/c1-11(18)13-3-2-4-14(9-13)17-21(19,20)15-7-5-12(10-16)6-8-15/h2-9,17H,1H3. The van der Waals surface area contributed by atoms with Gasteiger partial charge in [0.05, 0.1) is 16.5 Å². The van der Waals surface area contributed by atoms with Crippen molar-refractivity contribution in [2.24, 2.45) is 0 Å². The van der Waals surface area contributed by atoms with Crippen LogP contribution in [0.1, 0.15) is 22.8 Å². The van der Waals surface area contributed by atoms with Crippen molar-refractivity contribution >= 4 is 21.5 Å². The number of anilines is 1. The van der Waals surface area contributed by atoms with E-state index in [-0.39, 0.29) is 10.7 Å². The van der Waals surface area contributed by atoms with E-state index >= 15 is 0 Å². The molecule has 0 aromatic heterocycles. The van der Waals surface area contributed by atoms with Crippen LogP contribution in [0.4, 0.5) is 5.69 Å². The van der Waals surface area contributed by atoms with Gasteiger partial charge < -0.3 is 0 Å². The number of rotatable bonds is 4. The molecule has 0 unspecified atom stereocenters. The Balaban J connectivity index is 2.30. The summed E-state index contributed by atoms with van der Waals surface area (Å²) in [6.07, 6.45) is 0. The van der Waals surface area contributed by atoms with Gasteiger partial charge in [0.2, 0.25) is 0 Å². The van der Waals surface area contributed by atoms with Crippen molar-refractivity contribution in [3.8, 4) is 6.07 Å². The van der Waals surface area contributed by atoms with E-state index in [0.29, 0.717) is 16.8 Å². The summed E-state index contributed by atoms with van der Waals surface area (Å²) in [5.41, 5.74) is 1.12. The van der Waals surface area contributed by atoms with E-state index in [2.05, 4.69) is 4.72 Å². The third-order valence-corrected chi connectivity index (χ3v) is 4.21. The van der Waals surface area contributed by atoms with Crippen molar-refractivity contribution in [1.29, 1.82) is 5.26 Å². The van der Waals surface area contributed by atoms with Crippen LogP contribution in [0.15, 0.2) is 53.4 Å². The summed E-state index contributed by atoms with van der Waals surface area (Å²) in [7, 11) is -3.75. The van der Waals surface area contributed by atoms with Crippen molar-refractivity contribution < 1.29 is 13.2 Å². The van der Waals surface area contributed by atoms with Crippen LogP contribution in [0.5, 0.6) is 0 Å². The number of hydrogen-bond acceptors (Lipinski definition) is 4. The van der Waals surface area contributed by atoms with Gasteiger partial charge in [-0.25, -0.2) is 8.42 Å². The number of nitrogens with zero attached hydrogens (tertiary/aromatic N) is 1. The molecule has 0 radical (unpaired) electrons. The molecule has 106 valence electrons. The second-order valence-corrected chi connectivity index (χ2v) is 6.06. The molecule has 2 aromatic carbocycles. The summed E-state index contributed by atoms with van der Waals surface area (Å²) in [6.45, 7) is 1.41. The Kier molecular flexibility index (Phi) is 4.05. The quantitative estimate of drug-likeness (QED) is 0.879. The van der Waals surface area contributed by atoms with Crippen molar-refractivity contribution in [1.82, 2.24) is 0 Å². The SMILES string of the molecule is CC(=O)c1cccc(NS(=O)(=O)c2ccc(C#N)cc2)c1. The third-order valence-electron chi connectivity index (χ3n) is 2.82. The molecular weight excluding hydrogens is 288 g/mol. The zero-order chi connectivity index (χ0) is 15.5. The van der Waals surface area contributed by atoms with E-state index in [1.54, 1.807) is 18.2 Å². The fraction of sp³-hybridized carbons (Fsp3) is 0.0667. The maximum Gasteiger partial charge on any atom is 0.261 e. The van der Waals surface area contributed by atoms with Crippen LogP contribution in [-0.2, 0) is 10.0 Å². The molecule has 0 saturated heterocycles. The average Bonchev–Trinajstić information content (AvgIpc) is 2.47. The Morgan fingerprint density at radius 3 is 2.38 bits per heavy atom. The summed E-state index contributed by atoms with van der Waals surface area (Å²) >= 11 is 0. The summed E-state index contributed by atoms with van der Waals surface area (Å²) < 4.78 is 26.8. The van der Waals surface area contributed by atoms with E-state index in [0.717, 1.165) is 0 Å². The fourth-order valence-corrected chi connectivity index (χ4v) is 2.77. The van der Waals surface area contributed by atoms with Gasteiger partial charge in [-0.05, 0) is 43.3 Å². The molecule has 0 aliphatic carbocycles. The lowest BCUT2D eigenvalue weighted by Crippen LogP contribution is -2.13. The van der Waals surface area contributed by atoms with Crippen LogP contribution >= 0.6 is 0 Å². The molecule has 0 atom stereocenters. The van der Waals surface area contributed by atoms with Gasteiger partial charge >= 0.3 is 0 Å². The molecule has 2 aromatic rings. The van der Waals surface area contributed by atoms with Gasteiger partial charge in [-0.2, -0.15) is 5.26 Å². The molecule has 0 fully saturated rings. The maximum absolute atomic E-state index is 12.2. The van der Waals surface area contributed by atoms with Gasteiger partial charge in [0.15, 0.2) is 5.78 Å². The Morgan fingerprint density at radius 2 is 1.81 bits per heavy atom. The van der Waals surface area contributed by atoms with Crippen LogP contribution in [-0.4, -0.2) is 14.2 Å². The van der Waals surface area contributed by atoms with E-state index in [4.69, 9.17) is 5.26 Å². The summed E-state index contributed by atoms with van der Waals surface area (Å²) in [5, 5.41) is 8.70. The number of carbonyl (C=O) groups excluding carboxylic acids is 1. The van der Waals surface area contributed by atoms with Crippen LogP contribution < -0.4 is 4.72 Å². The highest BCUT2D eigenvalue weighted by atomic mass is 32.2. The predicted molar refractivity (Wildman–Crippen MR) is 78.4 cm³/mol. The second-order valence-electron chi connectivity index (χ2n) is 4.38. The van der Waals surface area contributed by atoms with Crippen molar-refractivity contribution in [2.45, 2.75) is 11.8 Å². The van der Waals surface area contributed by atoms with Crippen LogP contribution in [0.2, 0.25) is 0 Å². The molecule has 0 bridgehead atoms. The molecule has 0 aliphatic heterocycles. The maximum atomic E-state index is 12.2. The smallest absolute Gasteiger partial charge is 0.261 e. The lowest BCUT2D eigenvalue weighted by molar-refractivity contribution is 0.101. The number of sulfonamides is 1. The molecule has 1 N–H and O–H groups in total. The van der Waals surface area contributed by atoms with Crippen LogP contribution in [0, 0.1) is 11.3 Å². The summed E-state index contributed by atoms with van der Waals surface area (Å²) in [6, 6.07) is 13.8. The monoisotopic (exact) mass is 300 g/mol. The molecule has 0 saturated carbocycles. The molecule has 6 heteroatoms. The first-order valence-corrected chi connectivity index (χ1v) is 7.55. The molecular formula is C15H12N2O3S. The fourth-order valence-electron chi connectivity index (χ4n) is 1.72. The van der Waals surface area contributed by atoms with Crippen molar-refractivity contribution in [2.75, 3.05) is 4.72 Å². The van der Waals surface area contributed by atoms with Gasteiger partial charge in [-0.1, -0.05) is 12.1 Å². The highest BCUT2D eigenvalue weighted by Gasteiger charge is 2.14. The number of carbonyl (C=O) groups is 1. The predicted octanol–water partition coefficient (Wildman–Crippen LogP) is 2.56. The van der Waals surface area contributed by atoms with Gasteiger partial charge in [0, 0.05) is 11.3 Å². The first-order valence-electron chi connectivity index (χ1n) is 6.06. The molecule has 0 amide bonds. The number of hydrogen-bond donors (Lipinski definition) is 1. The van der Waals surface area contributed by atoms with Crippen molar-refractivity contribution in [3.63, 3.8) is 0 Å². The van der Waals surface area contributed by atoms with E-state index in [1.807, 2.05) is 6.07 Å². The zero-order valence-corrected chi connectivity index (χ0v) is 12.0.